The molecule has 0 fully saturated rings. The molecule has 0 saturated heterocycles. The zero-order valence-electron chi connectivity index (χ0n) is 3.11. The molecule has 0 aromatic heterocycles. The first-order chi connectivity index (χ1) is 3.27. The molecule has 0 aliphatic heterocycles. The average molecular weight is 119 g/mol. The van der Waals surface area contributed by atoms with Gasteiger partial charge in [-0.2, -0.15) is 0 Å². The smallest absolute Gasteiger partial charge is 0.371 e. The van der Waals surface area contributed by atoms with Crippen LogP contribution in [-0.4, -0.2) is 10.4 Å². The Morgan fingerprint density at radius 3 is 2.71 bits per heavy atom. The zero-order valence-corrected chi connectivity index (χ0v) is 3.92. The molecular formula is CHN3O2S. The lowest BCUT2D eigenvalue weighted by Gasteiger charge is -1.72. The lowest BCUT2D eigenvalue weighted by molar-refractivity contribution is 0.222. The Morgan fingerprint density at radius 2 is 2.57 bits per heavy atom. The van der Waals surface area contributed by atoms with Crippen LogP contribution < -0.4 is 0 Å². The monoisotopic (exact) mass is 119 g/mol. The van der Waals surface area contributed by atoms with Crippen LogP contribution in [0.25, 0.3) is 10.4 Å². The van der Waals surface area contributed by atoms with Gasteiger partial charge in [0.15, 0.2) is 0 Å². The Hall–Kier alpha value is -0.870. The molecule has 0 saturated carbocycles. The van der Waals surface area contributed by atoms with Gasteiger partial charge >= 0.3 is 5.30 Å². The Balaban J connectivity index is 3.32. The Kier molecular flexibility index (Phi) is 2.91. The summed E-state index contributed by atoms with van der Waals surface area (Å²) < 4.78 is 2.67. The SMILES string of the molecule is [N-]=[N+]=NSC(=O)O. The fourth-order valence-corrected chi connectivity index (χ4v) is 0.160. The summed E-state index contributed by atoms with van der Waals surface area (Å²) in [5.74, 6) is 0. The predicted octanol–water partition coefficient (Wildman–Crippen LogP) is 1.62. The Labute approximate surface area is 43.1 Å². The van der Waals surface area contributed by atoms with E-state index in [4.69, 9.17) is 10.6 Å². The highest BCUT2D eigenvalue weighted by Crippen LogP contribution is 2.00. The molecule has 0 unspecified atom stereocenters. The molecule has 1 N–H and O–H groups in total. The van der Waals surface area contributed by atoms with Crippen LogP contribution in [0.15, 0.2) is 4.52 Å². The van der Waals surface area contributed by atoms with Crippen LogP contribution in [0.1, 0.15) is 0 Å². The lowest BCUT2D eigenvalue weighted by Crippen LogP contribution is -1.75. The molecule has 7 heavy (non-hydrogen) atoms. The molecule has 0 atom stereocenters. The van der Waals surface area contributed by atoms with E-state index in [1.807, 2.05) is 0 Å². The van der Waals surface area contributed by atoms with Crippen molar-refractivity contribution in [3.63, 3.8) is 0 Å². The highest BCUT2D eigenvalue weighted by atomic mass is 32.2. The summed E-state index contributed by atoms with van der Waals surface area (Å²) in [6.07, 6.45) is 0. The first-order valence-corrected chi connectivity index (χ1v) is 1.99. The largest absolute Gasteiger partial charge is 0.473 e. The Bertz CT molecular complexity index is 116. The van der Waals surface area contributed by atoms with Crippen LogP contribution in [0.2, 0.25) is 0 Å². The second-order valence-electron chi connectivity index (χ2n) is 0.528. The summed E-state index contributed by atoms with van der Waals surface area (Å²) >= 11 is 0.156. The minimum atomic E-state index is -1.20. The quantitative estimate of drug-likeness (QED) is 0.246. The van der Waals surface area contributed by atoms with E-state index in [1.165, 1.54) is 0 Å². The van der Waals surface area contributed by atoms with Gasteiger partial charge in [0, 0.05) is 4.91 Å². The van der Waals surface area contributed by atoms with E-state index in [9.17, 15) is 4.79 Å². The number of azide groups is 1. The topological polar surface area (TPSA) is 86.1 Å². The molecule has 0 aliphatic rings. The third-order valence-corrected chi connectivity index (χ3v) is 0.466. The molecule has 0 radical (unpaired) electrons. The highest BCUT2D eigenvalue weighted by molar-refractivity contribution is 8.11. The van der Waals surface area contributed by atoms with Crippen molar-refractivity contribution in [2.45, 2.75) is 0 Å². The molecule has 0 amide bonds. The summed E-state index contributed by atoms with van der Waals surface area (Å²) in [4.78, 5) is 11.6. The summed E-state index contributed by atoms with van der Waals surface area (Å²) in [6, 6.07) is 0. The fourth-order valence-electron chi connectivity index (χ4n) is 0.0532. The van der Waals surface area contributed by atoms with Crippen LogP contribution in [0.4, 0.5) is 4.79 Å². The zero-order chi connectivity index (χ0) is 5.70. The van der Waals surface area contributed by atoms with Gasteiger partial charge in [-0.1, -0.05) is 0 Å². The fraction of sp³-hybridized carbons (Fsp3) is 0. The third-order valence-electron chi connectivity index (χ3n) is 0.155. The summed E-state index contributed by atoms with van der Waals surface area (Å²) in [6.45, 7) is 0. The van der Waals surface area contributed by atoms with Crippen LogP contribution in [0.5, 0.6) is 0 Å². The summed E-state index contributed by atoms with van der Waals surface area (Å²) in [7, 11) is 0. The van der Waals surface area contributed by atoms with Crippen molar-refractivity contribution in [3.8, 4) is 0 Å². The molecule has 0 rings (SSSR count). The molecule has 6 heteroatoms. The van der Waals surface area contributed by atoms with Gasteiger partial charge in [0.05, 0.1) is 11.9 Å². The molecule has 0 aliphatic carbocycles. The molecule has 0 bridgehead atoms. The normalized spacial score (nSPS) is 6.86. The Morgan fingerprint density at radius 1 is 2.00 bits per heavy atom. The van der Waals surface area contributed by atoms with Gasteiger partial charge in [0.2, 0.25) is 0 Å². The molecule has 0 aromatic rings. The summed E-state index contributed by atoms with van der Waals surface area (Å²) in [5.41, 5.74) is 7.49. The van der Waals surface area contributed by atoms with Crippen molar-refractivity contribution in [1.29, 1.82) is 0 Å². The molecule has 5 nitrogen and oxygen atoms in total. The van der Waals surface area contributed by atoms with Gasteiger partial charge in [-0.3, -0.25) is 0 Å². The van der Waals surface area contributed by atoms with Gasteiger partial charge in [-0.15, -0.1) is 0 Å². The van der Waals surface area contributed by atoms with Crippen molar-refractivity contribution < 1.29 is 9.90 Å². The van der Waals surface area contributed by atoms with Gasteiger partial charge in [-0.25, -0.2) is 4.79 Å². The van der Waals surface area contributed by atoms with E-state index < -0.39 is 5.30 Å². The van der Waals surface area contributed by atoms with Crippen molar-refractivity contribution in [2.24, 2.45) is 4.52 Å². The minimum Gasteiger partial charge on any atom is -0.473 e. The van der Waals surface area contributed by atoms with E-state index in [0.717, 1.165) is 0 Å². The molecular weight excluding hydrogens is 118 g/mol. The number of carboxylic acid groups (broad SMARTS) is 1. The van der Waals surface area contributed by atoms with E-state index in [2.05, 4.69) is 9.43 Å². The highest BCUT2D eigenvalue weighted by Gasteiger charge is 1.88. The number of rotatable bonds is 1. The lowest BCUT2D eigenvalue weighted by atomic mass is 11.6. The second-order valence-corrected chi connectivity index (χ2v) is 1.22. The molecule has 0 spiro atoms. The van der Waals surface area contributed by atoms with Gasteiger partial charge in [0.1, 0.15) is 0 Å². The van der Waals surface area contributed by atoms with E-state index in [1.54, 1.807) is 0 Å². The van der Waals surface area contributed by atoms with Crippen molar-refractivity contribution >= 4 is 17.2 Å². The minimum absolute atomic E-state index is 0.156. The molecule has 38 valence electrons. The van der Waals surface area contributed by atoms with E-state index >= 15 is 0 Å². The molecule has 0 aromatic carbocycles. The number of hydrogen-bond acceptors (Lipinski definition) is 3. The second kappa shape index (κ2) is 3.32. The predicted molar refractivity (Wildman–Crippen MR) is 24.8 cm³/mol. The van der Waals surface area contributed by atoms with Crippen LogP contribution in [-0.2, 0) is 0 Å². The van der Waals surface area contributed by atoms with Gasteiger partial charge < -0.3 is 5.11 Å². The third kappa shape index (κ3) is 5.13. The van der Waals surface area contributed by atoms with Crippen LogP contribution in [0, 0.1) is 0 Å². The first kappa shape index (κ1) is 6.13. The number of nitrogens with zero attached hydrogens (tertiary/aromatic N) is 3. The van der Waals surface area contributed by atoms with E-state index in [0.29, 0.717) is 0 Å². The first-order valence-electron chi connectivity index (χ1n) is 1.21. The van der Waals surface area contributed by atoms with Gasteiger partial charge in [-0.05, 0) is 10.1 Å². The number of carbonyl (C=O) groups is 1. The van der Waals surface area contributed by atoms with Crippen molar-refractivity contribution in [1.82, 2.24) is 0 Å². The van der Waals surface area contributed by atoms with Gasteiger partial charge in [0.25, 0.3) is 0 Å². The summed E-state index contributed by atoms with van der Waals surface area (Å²) in [5, 5.41) is 6.55. The van der Waals surface area contributed by atoms with E-state index in [-0.39, 0.29) is 11.9 Å². The molecule has 0 heterocycles. The van der Waals surface area contributed by atoms with Crippen molar-refractivity contribution in [2.75, 3.05) is 0 Å². The van der Waals surface area contributed by atoms with Crippen molar-refractivity contribution in [3.05, 3.63) is 10.4 Å². The maximum atomic E-state index is 9.46. The standard InChI is InChI=1S/CHN3O2S/c2-3-4-7-1(5)6/h(H,5,6). The van der Waals surface area contributed by atoms with Crippen LogP contribution in [0.3, 0.4) is 0 Å². The maximum Gasteiger partial charge on any atom is 0.371 e. The maximum absolute atomic E-state index is 9.46. The average Bonchev–Trinajstić information content (AvgIpc) is 1.61. The van der Waals surface area contributed by atoms with Crippen LogP contribution >= 0.6 is 11.9 Å². The number of hydrogen-bond donors (Lipinski definition) is 1.